The first-order chi connectivity index (χ1) is 10.1. The first kappa shape index (κ1) is 13.9. The van der Waals surface area contributed by atoms with Gasteiger partial charge in [-0.1, -0.05) is 6.07 Å². The molecule has 21 heavy (non-hydrogen) atoms. The molecule has 2 aromatic heterocycles. The van der Waals surface area contributed by atoms with E-state index in [0.717, 1.165) is 15.0 Å². The van der Waals surface area contributed by atoms with E-state index >= 15 is 0 Å². The zero-order chi connectivity index (χ0) is 14.8. The van der Waals surface area contributed by atoms with Crippen LogP contribution in [0.2, 0.25) is 0 Å². The minimum atomic E-state index is -0.386. The van der Waals surface area contributed by atoms with Gasteiger partial charge in [-0.2, -0.15) is 0 Å². The highest BCUT2D eigenvalue weighted by Crippen LogP contribution is 2.25. The number of nitro groups is 1. The van der Waals surface area contributed by atoms with Crippen molar-refractivity contribution in [3.05, 3.63) is 66.9 Å². The lowest BCUT2D eigenvalue weighted by Crippen LogP contribution is -1.91. The Morgan fingerprint density at radius 1 is 1.24 bits per heavy atom. The van der Waals surface area contributed by atoms with E-state index in [2.05, 4.69) is 20.9 Å². The van der Waals surface area contributed by atoms with Crippen LogP contribution < -0.4 is 0 Å². The van der Waals surface area contributed by atoms with Crippen LogP contribution in [0.3, 0.4) is 0 Å². The predicted molar refractivity (Wildman–Crippen MR) is 89.3 cm³/mol. The molecule has 0 atom stereocenters. The lowest BCUT2D eigenvalue weighted by atomic mass is 10.1. The zero-order valence-corrected chi connectivity index (χ0v) is 13.1. The van der Waals surface area contributed by atoms with Crippen molar-refractivity contribution in [2.24, 2.45) is 0 Å². The fraction of sp³-hybridized carbons (Fsp3) is 0. The molecule has 0 N–H and O–H groups in total. The number of benzene rings is 1. The lowest BCUT2D eigenvalue weighted by molar-refractivity contribution is -0.383. The standard InChI is InChI=1S/C15H9BrN2O2S/c16-10-8-12(21-9-10)6-4-11-5-7-13-14(17-11)2-1-3-15(13)18(19)20/h1-9H/b6-4+. The molecule has 0 aliphatic rings. The van der Waals surface area contributed by atoms with Gasteiger partial charge in [0.25, 0.3) is 5.69 Å². The Kier molecular flexibility index (Phi) is 3.81. The van der Waals surface area contributed by atoms with Gasteiger partial charge in [0.15, 0.2) is 0 Å². The average Bonchev–Trinajstić information content (AvgIpc) is 2.89. The fourth-order valence-electron chi connectivity index (χ4n) is 1.99. The van der Waals surface area contributed by atoms with Crippen molar-refractivity contribution in [3.63, 3.8) is 0 Å². The molecule has 0 spiro atoms. The van der Waals surface area contributed by atoms with Gasteiger partial charge in [-0.25, -0.2) is 4.98 Å². The molecule has 104 valence electrons. The Bertz CT molecular complexity index is 858. The van der Waals surface area contributed by atoms with Crippen molar-refractivity contribution >= 4 is 56.0 Å². The second kappa shape index (κ2) is 5.75. The van der Waals surface area contributed by atoms with Crippen LogP contribution >= 0.6 is 27.3 Å². The van der Waals surface area contributed by atoms with Crippen LogP contribution in [0.1, 0.15) is 10.6 Å². The maximum Gasteiger partial charge on any atom is 0.278 e. The van der Waals surface area contributed by atoms with E-state index in [-0.39, 0.29) is 10.6 Å². The van der Waals surface area contributed by atoms with Gasteiger partial charge in [0.2, 0.25) is 0 Å². The number of fused-ring (bicyclic) bond motifs is 1. The molecule has 3 rings (SSSR count). The van der Waals surface area contributed by atoms with Crippen molar-refractivity contribution < 1.29 is 4.92 Å². The van der Waals surface area contributed by atoms with Gasteiger partial charge < -0.3 is 0 Å². The first-order valence-corrected chi connectivity index (χ1v) is 7.77. The summed E-state index contributed by atoms with van der Waals surface area (Å²) in [7, 11) is 0. The second-order valence-corrected chi connectivity index (χ2v) is 6.20. The molecular weight excluding hydrogens is 352 g/mol. The summed E-state index contributed by atoms with van der Waals surface area (Å²) < 4.78 is 1.05. The molecule has 0 aliphatic heterocycles. The highest BCUT2D eigenvalue weighted by molar-refractivity contribution is 9.10. The molecule has 0 radical (unpaired) electrons. The van der Waals surface area contributed by atoms with Gasteiger partial charge >= 0.3 is 0 Å². The third-order valence-electron chi connectivity index (χ3n) is 2.93. The molecule has 0 saturated heterocycles. The molecule has 0 bridgehead atoms. The van der Waals surface area contributed by atoms with Crippen molar-refractivity contribution in [1.29, 1.82) is 0 Å². The largest absolute Gasteiger partial charge is 0.278 e. The highest BCUT2D eigenvalue weighted by Gasteiger charge is 2.11. The molecule has 3 aromatic rings. The Morgan fingerprint density at radius 2 is 2.10 bits per heavy atom. The van der Waals surface area contributed by atoms with Gasteiger partial charge in [0.1, 0.15) is 0 Å². The molecule has 0 amide bonds. The summed E-state index contributed by atoms with van der Waals surface area (Å²) in [5.41, 5.74) is 1.48. The summed E-state index contributed by atoms with van der Waals surface area (Å²) in [6.45, 7) is 0. The monoisotopic (exact) mass is 360 g/mol. The number of thiophene rings is 1. The van der Waals surface area contributed by atoms with Crippen molar-refractivity contribution in [1.82, 2.24) is 4.98 Å². The lowest BCUT2D eigenvalue weighted by Gasteiger charge is -2.00. The molecule has 6 heteroatoms. The summed E-state index contributed by atoms with van der Waals surface area (Å²) in [6.07, 6.45) is 3.87. The van der Waals surface area contributed by atoms with Gasteiger partial charge in [-0.05, 0) is 52.3 Å². The number of hydrogen-bond acceptors (Lipinski definition) is 4. The summed E-state index contributed by atoms with van der Waals surface area (Å²) in [6, 6.07) is 10.5. The highest BCUT2D eigenvalue weighted by atomic mass is 79.9. The number of hydrogen-bond donors (Lipinski definition) is 0. The number of non-ortho nitro benzene ring substituents is 1. The van der Waals surface area contributed by atoms with E-state index in [1.807, 2.05) is 23.6 Å². The first-order valence-electron chi connectivity index (χ1n) is 6.10. The van der Waals surface area contributed by atoms with Crippen molar-refractivity contribution in [3.8, 4) is 0 Å². The zero-order valence-electron chi connectivity index (χ0n) is 10.7. The normalized spacial score (nSPS) is 11.3. The maximum atomic E-state index is 11.0. The molecule has 0 unspecified atom stereocenters. The number of halogens is 1. The van der Waals surface area contributed by atoms with Gasteiger partial charge in [0, 0.05) is 20.8 Å². The Hall–Kier alpha value is -2.05. The number of nitrogens with zero attached hydrogens (tertiary/aromatic N) is 2. The maximum absolute atomic E-state index is 11.0. The summed E-state index contributed by atoms with van der Waals surface area (Å²) in [5.74, 6) is 0. The third kappa shape index (κ3) is 3.01. The van der Waals surface area contributed by atoms with Crippen LogP contribution in [0.5, 0.6) is 0 Å². The molecular formula is C15H9BrN2O2S. The minimum absolute atomic E-state index is 0.0812. The van der Waals surface area contributed by atoms with Crippen LogP contribution in [0, 0.1) is 10.1 Å². The molecule has 0 fully saturated rings. The second-order valence-electron chi connectivity index (χ2n) is 4.34. The van der Waals surface area contributed by atoms with Crippen LogP contribution in [-0.2, 0) is 0 Å². The Morgan fingerprint density at radius 3 is 2.81 bits per heavy atom. The Labute approximate surface area is 133 Å². The van der Waals surface area contributed by atoms with E-state index in [4.69, 9.17) is 0 Å². The quantitative estimate of drug-likeness (QED) is 0.480. The van der Waals surface area contributed by atoms with Crippen LogP contribution in [0.4, 0.5) is 5.69 Å². The Balaban J connectivity index is 1.98. The van der Waals surface area contributed by atoms with Gasteiger partial charge in [-0.15, -0.1) is 11.3 Å². The number of pyridine rings is 1. The molecule has 1 aromatic carbocycles. The fourth-order valence-corrected chi connectivity index (χ4v) is 3.33. The average molecular weight is 361 g/mol. The molecule has 2 heterocycles. The van der Waals surface area contributed by atoms with Crippen molar-refractivity contribution in [2.45, 2.75) is 0 Å². The smallest absolute Gasteiger partial charge is 0.258 e. The minimum Gasteiger partial charge on any atom is -0.258 e. The van der Waals surface area contributed by atoms with E-state index in [1.165, 1.54) is 6.07 Å². The van der Waals surface area contributed by atoms with Crippen LogP contribution in [-0.4, -0.2) is 9.91 Å². The van der Waals surface area contributed by atoms with Crippen molar-refractivity contribution in [2.75, 3.05) is 0 Å². The number of rotatable bonds is 3. The van der Waals surface area contributed by atoms with Crippen LogP contribution in [0.15, 0.2) is 46.3 Å². The predicted octanol–water partition coefficient (Wildman–Crippen LogP) is 5.14. The van der Waals surface area contributed by atoms with E-state index in [9.17, 15) is 10.1 Å². The van der Waals surface area contributed by atoms with E-state index in [1.54, 1.807) is 35.6 Å². The summed E-state index contributed by atoms with van der Waals surface area (Å²) in [4.78, 5) is 16.1. The molecule has 0 saturated carbocycles. The summed E-state index contributed by atoms with van der Waals surface area (Å²) >= 11 is 5.04. The molecule has 4 nitrogen and oxygen atoms in total. The topological polar surface area (TPSA) is 56.0 Å². The summed E-state index contributed by atoms with van der Waals surface area (Å²) in [5, 5.41) is 13.5. The van der Waals surface area contributed by atoms with E-state index < -0.39 is 0 Å². The van der Waals surface area contributed by atoms with Gasteiger partial charge in [-0.3, -0.25) is 10.1 Å². The van der Waals surface area contributed by atoms with Gasteiger partial charge in [0.05, 0.1) is 21.5 Å². The molecule has 0 aliphatic carbocycles. The third-order valence-corrected chi connectivity index (χ3v) is 4.59. The van der Waals surface area contributed by atoms with E-state index in [0.29, 0.717) is 10.9 Å². The van der Waals surface area contributed by atoms with Crippen LogP contribution in [0.25, 0.3) is 23.1 Å². The SMILES string of the molecule is O=[N+]([O-])c1cccc2nc(/C=C/c3cc(Br)cs3)ccc12. The number of aromatic nitrogens is 1. The number of nitro benzene ring substituents is 1.